The third-order valence-electron chi connectivity index (χ3n) is 3.87. The van der Waals surface area contributed by atoms with Crippen LogP contribution in [-0.2, 0) is 10.0 Å². The molecule has 26 heavy (non-hydrogen) atoms. The van der Waals surface area contributed by atoms with Crippen molar-refractivity contribution in [3.63, 3.8) is 0 Å². The summed E-state index contributed by atoms with van der Waals surface area (Å²) in [5.74, 6) is -0.282. The molecule has 2 N–H and O–H groups in total. The molecule has 0 spiro atoms. The number of hydrogen-bond acceptors (Lipinski definition) is 4. The van der Waals surface area contributed by atoms with Crippen molar-refractivity contribution in [3.05, 3.63) is 53.1 Å². The van der Waals surface area contributed by atoms with Crippen LogP contribution in [0.3, 0.4) is 0 Å². The van der Waals surface area contributed by atoms with Crippen molar-refractivity contribution < 1.29 is 13.2 Å². The molecule has 0 saturated heterocycles. The molecular weight excluding hydrogens is 350 g/mol. The number of carbonyl (C=O) groups is 1. The van der Waals surface area contributed by atoms with Crippen LogP contribution in [0.2, 0.25) is 0 Å². The molecule has 2 rings (SSSR count). The third-order valence-corrected chi connectivity index (χ3v) is 5.68. The summed E-state index contributed by atoms with van der Waals surface area (Å²) in [7, 11) is -0.644. The normalized spacial score (nSPS) is 11.5. The summed E-state index contributed by atoms with van der Waals surface area (Å²) in [6.45, 7) is 6.43. The van der Waals surface area contributed by atoms with E-state index in [1.807, 2.05) is 26.8 Å². The van der Waals surface area contributed by atoms with Gasteiger partial charge in [0.1, 0.15) is 0 Å². The molecule has 0 heterocycles. The first-order chi connectivity index (χ1) is 12.1. The summed E-state index contributed by atoms with van der Waals surface area (Å²) < 4.78 is 25.9. The Morgan fingerprint density at radius 3 is 2.15 bits per heavy atom. The summed E-state index contributed by atoms with van der Waals surface area (Å²) in [5.41, 5.74) is 3.62. The largest absolute Gasteiger partial charge is 0.384 e. The first kappa shape index (κ1) is 19.9. The second-order valence-electron chi connectivity index (χ2n) is 6.36. The monoisotopic (exact) mass is 375 g/mol. The number of sulfonamides is 1. The van der Waals surface area contributed by atoms with Crippen LogP contribution in [0.1, 0.15) is 28.4 Å². The highest BCUT2D eigenvalue weighted by atomic mass is 32.2. The molecule has 7 heteroatoms. The molecular formula is C19H25N3O3S. The van der Waals surface area contributed by atoms with Gasteiger partial charge in [-0.1, -0.05) is 17.2 Å². The number of carbonyl (C=O) groups excluding carboxylic acids is 1. The number of amides is 1. The van der Waals surface area contributed by atoms with E-state index in [0.717, 1.165) is 15.4 Å². The van der Waals surface area contributed by atoms with Gasteiger partial charge < -0.3 is 10.6 Å². The van der Waals surface area contributed by atoms with Gasteiger partial charge in [-0.15, -0.1) is 0 Å². The van der Waals surface area contributed by atoms with Crippen LogP contribution in [0.15, 0.2) is 41.3 Å². The highest BCUT2D eigenvalue weighted by Gasteiger charge is 2.19. The smallest absolute Gasteiger partial charge is 0.255 e. The lowest BCUT2D eigenvalue weighted by molar-refractivity contribution is 0.102. The summed E-state index contributed by atoms with van der Waals surface area (Å²) >= 11 is 0. The Hall–Kier alpha value is -2.38. The second kappa shape index (κ2) is 7.88. The fourth-order valence-corrected chi connectivity index (χ4v) is 3.57. The van der Waals surface area contributed by atoms with Crippen molar-refractivity contribution in [2.24, 2.45) is 0 Å². The van der Waals surface area contributed by atoms with Gasteiger partial charge >= 0.3 is 0 Å². The summed E-state index contributed by atoms with van der Waals surface area (Å²) in [6.07, 6.45) is 0. The Morgan fingerprint density at radius 1 is 1.00 bits per heavy atom. The van der Waals surface area contributed by atoms with Gasteiger partial charge in [0.05, 0.1) is 16.3 Å². The third kappa shape index (κ3) is 4.42. The number of rotatable bonds is 6. The van der Waals surface area contributed by atoms with E-state index in [9.17, 15) is 13.2 Å². The van der Waals surface area contributed by atoms with Crippen molar-refractivity contribution >= 4 is 27.3 Å². The van der Waals surface area contributed by atoms with E-state index >= 15 is 0 Å². The topological polar surface area (TPSA) is 78.5 Å². The highest BCUT2D eigenvalue weighted by molar-refractivity contribution is 7.89. The number of hydrogen-bond donors (Lipinski definition) is 2. The molecule has 0 bridgehead atoms. The Balaban J connectivity index is 2.44. The average molecular weight is 375 g/mol. The maximum atomic E-state index is 12.7. The minimum Gasteiger partial charge on any atom is -0.384 e. The lowest BCUT2D eigenvalue weighted by atomic mass is 10.1. The van der Waals surface area contributed by atoms with Gasteiger partial charge in [0, 0.05) is 26.2 Å². The molecule has 0 radical (unpaired) electrons. The molecule has 2 aromatic rings. The molecule has 0 aliphatic heterocycles. The molecule has 0 unspecified atom stereocenters. The van der Waals surface area contributed by atoms with Crippen LogP contribution in [0.4, 0.5) is 11.4 Å². The van der Waals surface area contributed by atoms with E-state index in [1.54, 1.807) is 18.2 Å². The van der Waals surface area contributed by atoms with Gasteiger partial charge in [-0.2, -0.15) is 0 Å². The Bertz CT molecular complexity index is 901. The number of nitrogens with one attached hydrogen (secondary N) is 2. The molecule has 0 aliphatic rings. The minimum atomic E-state index is -3.59. The summed E-state index contributed by atoms with van der Waals surface area (Å²) in [4.78, 5) is 12.8. The molecule has 0 atom stereocenters. The zero-order valence-electron chi connectivity index (χ0n) is 15.8. The fraction of sp³-hybridized carbons (Fsp3) is 0.316. The Morgan fingerprint density at radius 2 is 1.62 bits per heavy atom. The lowest BCUT2D eigenvalue weighted by Crippen LogP contribution is -2.22. The molecule has 0 fully saturated rings. The van der Waals surface area contributed by atoms with Crippen LogP contribution >= 0.6 is 0 Å². The van der Waals surface area contributed by atoms with E-state index in [0.29, 0.717) is 23.5 Å². The minimum absolute atomic E-state index is 0.125. The van der Waals surface area contributed by atoms with Gasteiger partial charge in [0.2, 0.25) is 10.0 Å². The van der Waals surface area contributed by atoms with Crippen molar-refractivity contribution in [2.75, 3.05) is 31.3 Å². The Labute approximate surface area is 155 Å². The zero-order chi connectivity index (χ0) is 19.5. The predicted molar refractivity (Wildman–Crippen MR) is 105 cm³/mol. The standard InChI is InChI=1S/C19H25N3O3S/c1-6-20-17-8-7-16(26(24,25)22(4)5)12-18(17)21-19(23)15-10-13(2)9-14(3)11-15/h7-12,20H,6H2,1-5H3,(H,21,23). The van der Waals surface area contributed by atoms with Gasteiger partial charge in [-0.05, 0) is 51.1 Å². The molecule has 2 aromatic carbocycles. The van der Waals surface area contributed by atoms with Crippen molar-refractivity contribution in [3.8, 4) is 0 Å². The first-order valence-electron chi connectivity index (χ1n) is 8.35. The van der Waals surface area contributed by atoms with E-state index in [1.165, 1.54) is 26.2 Å². The first-order valence-corrected chi connectivity index (χ1v) is 9.79. The van der Waals surface area contributed by atoms with E-state index in [4.69, 9.17) is 0 Å². The molecule has 140 valence electrons. The lowest BCUT2D eigenvalue weighted by Gasteiger charge is -2.16. The van der Waals surface area contributed by atoms with Gasteiger partial charge in [0.25, 0.3) is 5.91 Å². The predicted octanol–water partition coefficient (Wildman–Crippen LogP) is 3.24. The molecule has 0 aromatic heterocycles. The second-order valence-corrected chi connectivity index (χ2v) is 8.51. The Kier molecular flexibility index (Phi) is 6.05. The number of benzene rings is 2. The van der Waals surface area contributed by atoms with E-state index in [2.05, 4.69) is 10.6 Å². The van der Waals surface area contributed by atoms with Gasteiger partial charge in [-0.3, -0.25) is 4.79 Å². The zero-order valence-corrected chi connectivity index (χ0v) is 16.6. The highest BCUT2D eigenvalue weighted by Crippen LogP contribution is 2.27. The van der Waals surface area contributed by atoms with Crippen molar-refractivity contribution in [1.29, 1.82) is 0 Å². The number of anilines is 2. The quantitative estimate of drug-likeness (QED) is 0.812. The summed E-state index contributed by atoms with van der Waals surface area (Å²) in [5, 5.41) is 5.97. The SMILES string of the molecule is CCNc1ccc(S(=O)(=O)N(C)C)cc1NC(=O)c1cc(C)cc(C)c1. The maximum Gasteiger partial charge on any atom is 0.255 e. The van der Waals surface area contributed by atoms with Gasteiger partial charge in [0.15, 0.2) is 0 Å². The molecule has 0 aliphatic carbocycles. The molecule has 0 saturated carbocycles. The number of nitrogens with zero attached hydrogens (tertiary/aromatic N) is 1. The average Bonchev–Trinajstić information content (AvgIpc) is 2.55. The van der Waals surface area contributed by atoms with Crippen LogP contribution in [0, 0.1) is 13.8 Å². The van der Waals surface area contributed by atoms with Crippen LogP contribution < -0.4 is 10.6 Å². The summed E-state index contributed by atoms with van der Waals surface area (Å²) in [6, 6.07) is 10.3. The van der Waals surface area contributed by atoms with E-state index < -0.39 is 10.0 Å². The molecule has 6 nitrogen and oxygen atoms in total. The maximum absolute atomic E-state index is 12.7. The van der Waals surface area contributed by atoms with Crippen molar-refractivity contribution in [2.45, 2.75) is 25.7 Å². The van der Waals surface area contributed by atoms with Crippen LogP contribution in [0.25, 0.3) is 0 Å². The van der Waals surface area contributed by atoms with Gasteiger partial charge in [-0.25, -0.2) is 12.7 Å². The van der Waals surface area contributed by atoms with Crippen LogP contribution in [0.5, 0.6) is 0 Å². The fourth-order valence-electron chi connectivity index (χ4n) is 2.64. The number of aryl methyl sites for hydroxylation is 2. The van der Waals surface area contributed by atoms with E-state index in [-0.39, 0.29) is 10.8 Å². The molecule has 1 amide bonds. The van der Waals surface area contributed by atoms with Crippen LogP contribution in [-0.4, -0.2) is 39.3 Å². The van der Waals surface area contributed by atoms with Crippen molar-refractivity contribution in [1.82, 2.24) is 4.31 Å².